The highest BCUT2D eigenvalue weighted by molar-refractivity contribution is 5.86. The molecule has 31 heavy (non-hydrogen) atoms. The summed E-state index contributed by atoms with van der Waals surface area (Å²) in [7, 11) is 0. The van der Waals surface area contributed by atoms with Gasteiger partial charge in [-0.05, 0) is 65.6 Å². The first kappa shape index (κ1) is 20.9. The predicted molar refractivity (Wildman–Crippen MR) is 120 cm³/mol. The zero-order valence-electron chi connectivity index (χ0n) is 17.6. The Morgan fingerprint density at radius 2 is 1.29 bits per heavy atom. The fraction of sp³-hybridized carbons (Fsp3) is 0.259. The van der Waals surface area contributed by atoms with Crippen molar-refractivity contribution in [3.05, 3.63) is 106 Å². The van der Waals surface area contributed by atoms with Crippen LogP contribution in [0.5, 0.6) is 0 Å². The van der Waals surface area contributed by atoms with Crippen LogP contribution < -0.4 is 0 Å². The minimum absolute atomic E-state index is 0.250. The Morgan fingerprint density at radius 3 is 1.84 bits per heavy atom. The SMILES string of the molecule is O=C=O.c1ccc(CN2CCC(=C3c4ccccc4CCc4ccccc43)CC2)nc1. The summed E-state index contributed by atoms with van der Waals surface area (Å²) in [5.74, 6) is 0. The summed E-state index contributed by atoms with van der Waals surface area (Å²) in [6, 6.07) is 24.3. The molecule has 4 nitrogen and oxygen atoms in total. The number of rotatable bonds is 2. The standard InChI is InChI=1S/C26H26N2.CO2/c1-3-10-24-20(7-1)12-13-21-8-2-4-11-25(21)26(24)22-14-17-28(18-15-22)19-23-9-5-6-16-27-23;2-1-3/h1-11,16H,12-15,17-19H2;. The van der Waals surface area contributed by atoms with Crippen molar-refractivity contribution in [1.82, 2.24) is 9.88 Å². The molecule has 0 saturated carbocycles. The number of hydrogen-bond donors (Lipinski definition) is 0. The molecule has 0 bridgehead atoms. The second-order valence-electron chi connectivity index (χ2n) is 7.97. The molecule has 1 fully saturated rings. The first-order chi connectivity index (χ1) is 15.3. The van der Waals surface area contributed by atoms with E-state index >= 15 is 0 Å². The normalized spacial score (nSPS) is 15.6. The summed E-state index contributed by atoms with van der Waals surface area (Å²) in [6.07, 6.45) is 6.70. The van der Waals surface area contributed by atoms with E-state index in [1.165, 1.54) is 33.5 Å². The zero-order chi connectivity index (χ0) is 21.5. The number of nitrogens with zero attached hydrogens (tertiary/aromatic N) is 2. The van der Waals surface area contributed by atoms with E-state index in [9.17, 15) is 0 Å². The molecule has 2 aliphatic rings. The third-order valence-corrected chi connectivity index (χ3v) is 6.16. The average molecular weight is 411 g/mol. The predicted octanol–water partition coefficient (Wildman–Crippen LogP) is 4.69. The Hall–Kier alpha value is -3.33. The highest BCUT2D eigenvalue weighted by atomic mass is 16.2. The second-order valence-corrected chi connectivity index (χ2v) is 7.97. The van der Waals surface area contributed by atoms with Gasteiger partial charge >= 0.3 is 6.15 Å². The van der Waals surface area contributed by atoms with E-state index < -0.39 is 0 Å². The van der Waals surface area contributed by atoms with Gasteiger partial charge in [0.25, 0.3) is 0 Å². The maximum atomic E-state index is 8.12. The molecule has 2 heterocycles. The second kappa shape index (κ2) is 10.1. The molecule has 0 N–H and O–H groups in total. The molecule has 0 amide bonds. The van der Waals surface area contributed by atoms with E-state index in [1.54, 1.807) is 5.57 Å². The lowest BCUT2D eigenvalue weighted by Gasteiger charge is -2.30. The Morgan fingerprint density at radius 1 is 0.742 bits per heavy atom. The summed E-state index contributed by atoms with van der Waals surface area (Å²) in [5.41, 5.74) is 10.2. The van der Waals surface area contributed by atoms with Gasteiger partial charge in [0.15, 0.2) is 0 Å². The Balaban J connectivity index is 0.000000730. The van der Waals surface area contributed by atoms with Gasteiger partial charge in [0, 0.05) is 25.8 Å². The van der Waals surface area contributed by atoms with E-state index in [4.69, 9.17) is 9.59 Å². The molecule has 2 aromatic carbocycles. The van der Waals surface area contributed by atoms with Gasteiger partial charge in [-0.2, -0.15) is 9.59 Å². The molecule has 0 atom stereocenters. The molecule has 0 spiro atoms. The maximum Gasteiger partial charge on any atom is 0.373 e. The van der Waals surface area contributed by atoms with Crippen LogP contribution in [0.2, 0.25) is 0 Å². The number of piperidine rings is 1. The molecular formula is C27H26N2O2. The number of aryl methyl sites for hydroxylation is 2. The van der Waals surface area contributed by atoms with Gasteiger partial charge in [-0.1, -0.05) is 60.2 Å². The smallest absolute Gasteiger partial charge is 0.297 e. The minimum atomic E-state index is 0.250. The minimum Gasteiger partial charge on any atom is -0.297 e. The van der Waals surface area contributed by atoms with Crippen LogP contribution in [0.4, 0.5) is 0 Å². The van der Waals surface area contributed by atoms with Crippen molar-refractivity contribution < 1.29 is 9.59 Å². The fourth-order valence-electron chi connectivity index (χ4n) is 4.71. The van der Waals surface area contributed by atoms with Gasteiger partial charge in [-0.3, -0.25) is 9.88 Å². The van der Waals surface area contributed by atoms with Crippen LogP contribution in [0.3, 0.4) is 0 Å². The first-order valence-electron chi connectivity index (χ1n) is 10.8. The molecule has 156 valence electrons. The number of likely N-dealkylation sites (tertiary alicyclic amines) is 1. The third-order valence-electron chi connectivity index (χ3n) is 6.16. The quantitative estimate of drug-likeness (QED) is 0.615. The van der Waals surface area contributed by atoms with Crippen molar-refractivity contribution in [3.8, 4) is 0 Å². The highest BCUT2D eigenvalue weighted by Crippen LogP contribution is 2.38. The van der Waals surface area contributed by atoms with Gasteiger partial charge < -0.3 is 0 Å². The molecular weight excluding hydrogens is 384 g/mol. The van der Waals surface area contributed by atoms with Gasteiger partial charge in [-0.25, -0.2) is 0 Å². The highest BCUT2D eigenvalue weighted by Gasteiger charge is 2.23. The maximum absolute atomic E-state index is 8.12. The van der Waals surface area contributed by atoms with E-state index in [0.717, 1.165) is 45.3 Å². The summed E-state index contributed by atoms with van der Waals surface area (Å²) in [5, 5.41) is 0. The topological polar surface area (TPSA) is 50.3 Å². The van der Waals surface area contributed by atoms with Gasteiger partial charge in [-0.15, -0.1) is 0 Å². The molecule has 5 rings (SSSR count). The van der Waals surface area contributed by atoms with Crippen LogP contribution in [0.25, 0.3) is 5.57 Å². The molecule has 1 aliphatic heterocycles. The molecule has 0 radical (unpaired) electrons. The first-order valence-corrected chi connectivity index (χ1v) is 10.8. The van der Waals surface area contributed by atoms with Crippen LogP contribution in [0, 0.1) is 0 Å². The number of carbonyl (C=O) groups excluding carboxylic acids is 2. The average Bonchev–Trinajstić information content (AvgIpc) is 2.98. The monoisotopic (exact) mass is 410 g/mol. The molecule has 1 saturated heterocycles. The Kier molecular flexibility index (Phi) is 6.83. The summed E-state index contributed by atoms with van der Waals surface area (Å²) < 4.78 is 0. The van der Waals surface area contributed by atoms with Crippen molar-refractivity contribution in [2.45, 2.75) is 32.2 Å². The van der Waals surface area contributed by atoms with Crippen molar-refractivity contribution in [1.29, 1.82) is 0 Å². The van der Waals surface area contributed by atoms with E-state index in [1.807, 2.05) is 12.3 Å². The number of aromatic nitrogens is 1. The van der Waals surface area contributed by atoms with Crippen LogP contribution in [0.1, 0.15) is 40.8 Å². The van der Waals surface area contributed by atoms with Crippen LogP contribution >= 0.6 is 0 Å². The lowest BCUT2D eigenvalue weighted by atomic mass is 9.86. The van der Waals surface area contributed by atoms with E-state index in [-0.39, 0.29) is 6.15 Å². The Bertz CT molecular complexity index is 1040. The fourth-order valence-corrected chi connectivity index (χ4v) is 4.71. The molecule has 1 aliphatic carbocycles. The number of benzene rings is 2. The Labute approximate surface area is 183 Å². The van der Waals surface area contributed by atoms with Crippen molar-refractivity contribution in [3.63, 3.8) is 0 Å². The van der Waals surface area contributed by atoms with Crippen LogP contribution in [0.15, 0.2) is 78.5 Å². The summed E-state index contributed by atoms with van der Waals surface area (Å²) in [4.78, 5) is 23.3. The molecule has 0 unspecified atom stereocenters. The van der Waals surface area contributed by atoms with Crippen LogP contribution in [-0.4, -0.2) is 29.1 Å². The van der Waals surface area contributed by atoms with Gasteiger partial charge in [0.2, 0.25) is 0 Å². The lowest BCUT2D eigenvalue weighted by molar-refractivity contribution is -0.191. The van der Waals surface area contributed by atoms with Gasteiger partial charge in [0.05, 0.1) is 5.69 Å². The van der Waals surface area contributed by atoms with Gasteiger partial charge in [0.1, 0.15) is 0 Å². The number of pyridine rings is 1. The third kappa shape index (κ3) is 4.88. The summed E-state index contributed by atoms with van der Waals surface area (Å²) in [6.45, 7) is 3.18. The van der Waals surface area contributed by atoms with Crippen molar-refractivity contribution >= 4 is 11.7 Å². The lowest BCUT2D eigenvalue weighted by Crippen LogP contribution is -2.31. The summed E-state index contributed by atoms with van der Waals surface area (Å²) >= 11 is 0. The van der Waals surface area contributed by atoms with E-state index in [2.05, 4.69) is 70.5 Å². The molecule has 3 aromatic rings. The largest absolute Gasteiger partial charge is 0.373 e. The van der Waals surface area contributed by atoms with Crippen molar-refractivity contribution in [2.75, 3.05) is 13.1 Å². The zero-order valence-corrected chi connectivity index (χ0v) is 17.6. The number of fused-ring (bicyclic) bond motifs is 2. The number of hydrogen-bond acceptors (Lipinski definition) is 4. The molecule has 1 aromatic heterocycles. The molecule has 4 heteroatoms. The van der Waals surface area contributed by atoms with Crippen LogP contribution in [-0.2, 0) is 29.0 Å². The van der Waals surface area contributed by atoms with Crippen molar-refractivity contribution in [2.24, 2.45) is 0 Å². The van der Waals surface area contributed by atoms with E-state index in [0.29, 0.717) is 0 Å².